The Kier molecular flexibility index (Phi) is 5.17. The Balaban J connectivity index is 2.63. The molecule has 0 aliphatic carbocycles. The summed E-state index contributed by atoms with van der Waals surface area (Å²) in [5.41, 5.74) is 7.89. The molecule has 18 heavy (non-hydrogen) atoms. The number of hydrogen-bond acceptors (Lipinski definition) is 2. The predicted molar refractivity (Wildman–Crippen MR) is 84.3 cm³/mol. The zero-order valence-corrected chi connectivity index (χ0v) is 13.7. The molecular weight excluding hydrogens is 310 g/mol. The lowest BCUT2D eigenvalue weighted by molar-refractivity contribution is 0.270. The minimum atomic E-state index is -0.158. The van der Waals surface area contributed by atoms with Crippen LogP contribution < -0.4 is 10.5 Å². The molecule has 0 saturated carbocycles. The molecule has 1 aromatic carbocycles. The summed E-state index contributed by atoms with van der Waals surface area (Å²) >= 11 is 8.58. The van der Waals surface area contributed by atoms with Gasteiger partial charge >= 0.3 is 0 Å². The lowest BCUT2D eigenvalue weighted by Crippen LogP contribution is -2.31. The Bertz CT molecular complexity index is 434. The zero-order chi connectivity index (χ0) is 13.9. The third kappa shape index (κ3) is 3.95. The number of hydrogen-bond donors (Lipinski definition) is 1. The Morgan fingerprint density at radius 1 is 1.33 bits per heavy atom. The molecule has 1 rings (SSSR count). The molecule has 0 heterocycles. The minimum Gasteiger partial charge on any atom is -0.494 e. The van der Waals surface area contributed by atoms with Gasteiger partial charge in [-0.1, -0.05) is 42.0 Å². The summed E-state index contributed by atoms with van der Waals surface area (Å²) in [7, 11) is 0. The average molecular weight is 330 g/mol. The Morgan fingerprint density at radius 2 is 1.83 bits per heavy atom. The van der Waals surface area contributed by atoms with E-state index < -0.39 is 0 Å². The largest absolute Gasteiger partial charge is 0.494 e. The second-order valence-electron chi connectivity index (χ2n) is 5.22. The first-order valence-electron chi connectivity index (χ1n) is 5.93. The molecule has 0 atom stereocenters. The van der Waals surface area contributed by atoms with Gasteiger partial charge in [0.05, 0.1) is 11.6 Å². The third-order valence-corrected chi connectivity index (χ3v) is 4.88. The first kappa shape index (κ1) is 15.4. The van der Waals surface area contributed by atoms with Gasteiger partial charge in [0.2, 0.25) is 0 Å². The molecule has 0 aliphatic heterocycles. The van der Waals surface area contributed by atoms with Gasteiger partial charge in [-0.25, -0.2) is 0 Å². The predicted octanol–water partition coefficient (Wildman–Crippen LogP) is 4.15. The lowest BCUT2D eigenvalue weighted by atomic mass is 9.90. The van der Waals surface area contributed by atoms with Crippen LogP contribution in [0.2, 0.25) is 0 Å². The van der Waals surface area contributed by atoms with E-state index in [1.165, 1.54) is 11.1 Å². The van der Waals surface area contributed by atoms with Crippen molar-refractivity contribution in [2.24, 2.45) is 11.1 Å². The standard InChI is InChI=1S/C14H20BrNOS/c1-9-7-11(8-10(2)12(9)15)17-6-5-14(3,4)13(16)18/h7-8H,5-6H2,1-4H3,(H2,16,18). The van der Waals surface area contributed by atoms with Crippen molar-refractivity contribution in [1.29, 1.82) is 0 Å². The first-order valence-corrected chi connectivity index (χ1v) is 7.13. The number of halogens is 1. The summed E-state index contributed by atoms with van der Waals surface area (Å²) in [6.07, 6.45) is 0.816. The summed E-state index contributed by atoms with van der Waals surface area (Å²) in [6.45, 7) is 8.81. The van der Waals surface area contributed by atoms with E-state index in [9.17, 15) is 0 Å². The summed E-state index contributed by atoms with van der Waals surface area (Å²) < 4.78 is 6.91. The lowest BCUT2D eigenvalue weighted by Gasteiger charge is -2.23. The average Bonchev–Trinajstić information content (AvgIpc) is 2.25. The summed E-state index contributed by atoms with van der Waals surface area (Å²) in [5.74, 6) is 0.895. The van der Waals surface area contributed by atoms with Gasteiger partial charge in [-0.05, 0) is 43.5 Å². The number of benzene rings is 1. The quantitative estimate of drug-likeness (QED) is 0.824. The second kappa shape index (κ2) is 6.02. The molecule has 0 unspecified atom stereocenters. The number of nitrogens with two attached hydrogens (primary N) is 1. The molecule has 1 aromatic rings. The normalized spacial score (nSPS) is 11.4. The fraction of sp³-hybridized carbons (Fsp3) is 0.500. The van der Waals surface area contributed by atoms with E-state index in [0.717, 1.165) is 16.6 Å². The SMILES string of the molecule is Cc1cc(OCCC(C)(C)C(N)=S)cc(C)c1Br. The van der Waals surface area contributed by atoms with E-state index in [1.54, 1.807) is 0 Å². The van der Waals surface area contributed by atoms with Crippen molar-refractivity contribution in [3.8, 4) is 5.75 Å². The summed E-state index contributed by atoms with van der Waals surface area (Å²) in [5, 5.41) is 0. The molecule has 0 fully saturated rings. The molecule has 0 bridgehead atoms. The highest BCUT2D eigenvalue weighted by Gasteiger charge is 2.21. The molecule has 4 heteroatoms. The van der Waals surface area contributed by atoms with Gasteiger partial charge in [0, 0.05) is 9.89 Å². The van der Waals surface area contributed by atoms with E-state index in [1.807, 2.05) is 26.0 Å². The third-order valence-electron chi connectivity index (χ3n) is 3.07. The monoisotopic (exact) mass is 329 g/mol. The topological polar surface area (TPSA) is 35.2 Å². The van der Waals surface area contributed by atoms with Crippen LogP contribution in [0.4, 0.5) is 0 Å². The molecule has 2 N–H and O–H groups in total. The summed E-state index contributed by atoms with van der Waals surface area (Å²) in [6, 6.07) is 4.07. The van der Waals surface area contributed by atoms with Crippen molar-refractivity contribution in [2.75, 3.05) is 6.61 Å². The molecule has 0 radical (unpaired) electrons. The highest BCUT2D eigenvalue weighted by molar-refractivity contribution is 9.10. The maximum Gasteiger partial charge on any atom is 0.119 e. The molecule has 0 aromatic heterocycles. The molecule has 100 valence electrons. The Hall–Kier alpha value is -0.610. The molecule has 0 saturated heterocycles. The number of rotatable bonds is 5. The molecule has 0 aliphatic rings. The van der Waals surface area contributed by atoms with Gasteiger partial charge in [-0.3, -0.25) is 0 Å². The van der Waals surface area contributed by atoms with E-state index in [4.69, 9.17) is 22.7 Å². The second-order valence-corrected chi connectivity index (χ2v) is 6.45. The van der Waals surface area contributed by atoms with Gasteiger partial charge in [0.15, 0.2) is 0 Å². The Morgan fingerprint density at radius 3 is 2.28 bits per heavy atom. The van der Waals surface area contributed by atoms with Crippen molar-refractivity contribution >= 4 is 33.1 Å². The van der Waals surface area contributed by atoms with Crippen molar-refractivity contribution in [1.82, 2.24) is 0 Å². The fourth-order valence-corrected chi connectivity index (χ4v) is 1.87. The maximum absolute atomic E-state index is 5.77. The van der Waals surface area contributed by atoms with Crippen molar-refractivity contribution in [2.45, 2.75) is 34.1 Å². The maximum atomic E-state index is 5.77. The number of thiocarbonyl (C=S) groups is 1. The van der Waals surface area contributed by atoms with Crippen LogP contribution in [0.5, 0.6) is 5.75 Å². The smallest absolute Gasteiger partial charge is 0.119 e. The first-order chi connectivity index (χ1) is 8.24. The molecular formula is C14H20BrNOS. The van der Waals surface area contributed by atoms with E-state index >= 15 is 0 Å². The van der Waals surface area contributed by atoms with Crippen molar-refractivity contribution in [3.05, 3.63) is 27.7 Å². The van der Waals surface area contributed by atoms with Crippen LogP contribution >= 0.6 is 28.1 Å². The van der Waals surface area contributed by atoms with Crippen LogP contribution in [0.25, 0.3) is 0 Å². The van der Waals surface area contributed by atoms with Gasteiger partial charge in [-0.15, -0.1) is 0 Å². The molecule has 0 amide bonds. The van der Waals surface area contributed by atoms with Gasteiger partial charge in [0.1, 0.15) is 5.75 Å². The zero-order valence-electron chi connectivity index (χ0n) is 11.3. The van der Waals surface area contributed by atoms with Crippen molar-refractivity contribution in [3.63, 3.8) is 0 Å². The van der Waals surface area contributed by atoms with Gasteiger partial charge < -0.3 is 10.5 Å². The van der Waals surface area contributed by atoms with Crippen LogP contribution in [0.1, 0.15) is 31.4 Å². The highest BCUT2D eigenvalue weighted by atomic mass is 79.9. The van der Waals surface area contributed by atoms with Crippen LogP contribution in [-0.2, 0) is 0 Å². The summed E-state index contributed by atoms with van der Waals surface area (Å²) in [4.78, 5) is 0.536. The fourth-order valence-electron chi connectivity index (χ4n) is 1.54. The van der Waals surface area contributed by atoms with Gasteiger partial charge in [0.25, 0.3) is 0 Å². The van der Waals surface area contributed by atoms with Gasteiger partial charge in [-0.2, -0.15) is 0 Å². The Labute approximate surface area is 123 Å². The van der Waals surface area contributed by atoms with Crippen LogP contribution in [0, 0.1) is 19.3 Å². The number of aryl methyl sites for hydroxylation is 2. The molecule has 0 spiro atoms. The van der Waals surface area contributed by atoms with E-state index in [-0.39, 0.29) is 5.41 Å². The molecule has 2 nitrogen and oxygen atoms in total. The van der Waals surface area contributed by atoms with E-state index in [0.29, 0.717) is 11.6 Å². The van der Waals surface area contributed by atoms with Crippen LogP contribution in [0.3, 0.4) is 0 Å². The van der Waals surface area contributed by atoms with E-state index in [2.05, 4.69) is 29.8 Å². The number of ether oxygens (including phenoxy) is 1. The highest BCUT2D eigenvalue weighted by Crippen LogP contribution is 2.27. The minimum absolute atomic E-state index is 0.158. The van der Waals surface area contributed by atoms with Crippen LogP contribution in [0.15, 0.2) is 16.6 Å². The van der Waals surface area contributed by atoms with Crippen molar-refractivity contribution < 1.29 is 4.74 Å². The van der Waals surface area contributed by atoms with Crippen LogP contribution in [-0.4, -0.2) is 11.6 Å².